The van der Waals surface area contributed by atoms with Crippen molar-refractivity contribution in [2.75, 3.05) is 20.6 Å². The summed E-state index contributed by atoms with van der Waals surface area (Å²) >= 11 is 0. The lowest BCUT2D eigenvalue weighted by atomic mass is 10.2. The van der Waals surface area contributed by atoms with E-state index in [-0.39, 0.29) is 17.0 Å². The topological polar surface area (TPSA) is 86.9 Å². The van der Waals surface area contributed by atoms with E-state index in [9.17, 15) is 14.7 Å². The fraction of sp³-hybridized carbons (Fsp3) is 0.438. The molecule has 23 heavy (non-hydrogen) atoms. The number of unbranched alkanes of at least 4 members (excludes halogenated alkanes) is 1. The van der Waals surface area contributed by atoms with Gasteiger partial charge >= 0.3 is 0 Å². The Morgan fingerprint density at radius 2 is 2.17 bits per heavy atom. The van der Waals surface area contributed by atoms with E-state index in [2.05, 4.69) is 10.3 Å². The van der Waals surface area contributed by atoms with Gasteiger partial charge in [-0.2, -0.15) is 0 Å². The molecule has 0 fully saturated rings. The van der Waals surface area contributed by atoms with Crippen LogP contribution in [-0.4, -0.2) is 45.9 Å². The summed E-state index contributed by atoms with van der Waals surface area (Å²) in [5.74, 6) is -0.488. The Labute approximate surface area is 134 Å². The average molecular weight is 318 g/mol. The molecule has 124 valence electrons. The molecule has 2 aromatic rings. The van der Waals surface area contributed by atoms with Crippen LogP contribution in [0.5, 0.6) is 5.75 Å². The molecule has 0 aromatic carbocycles. The Balaban J connectivity index is 2.40. The second kappa shape index (κ2) is 7.23. The summed E-state index contributed by atoms with van der Waals surface area (Å²) in [6.07, 6.45) is 4.56. The summed E-state index contributed by atoms with van der Waals surface area (Å²) in [4.78, 5) is 30.5. The minimum absolute atomic E-state index is 0.0293. The van der Waals surface area contributed by atoms with Gasteiger partial charge in [0.2, 0.25) is 0 Å². The average Bonchev–Trinajstić information content (AvgIpc) is 2.50. The third kappa shape index (κ3) is 3.68. The molecule has 1 amide bonds. The number of hydrogen-bond donors (Lipinski definition) is 2. The summed E-state index contributed by atoms with van der Waals surface area (Å²) in [5.41, 5.74) is 0.301. The lowest BCUT2D eigenvalue weighted by molar-refractivity contribution is 0.0951. The van der Waals surface area contributed by atoms with Crippen molar-refractivity contribution in [3.63, 3.8) is 0 Å². The molecule has 0 spiro atoms. The smallest absolute Gasteiger partial charge is 0.270 e. The van der Waals surface area contributed by atoms with E-state index in [0.717, 1.165) is 12.8 Å². The van der Waals surface area contributed by atoms with Crippen LogP contribution in [0, 0.1) is 0 Å². The monoisotopic (exact) mass is 318 g/mol. The molecular weight excluding hydrogens is 296 g/mol. The predicted molar refractivity (Wildman–Crippen MR) is 87.8 cm³/mol. The number of rotatable bonds is 6. The number of nitrogens with one attached hydrogen (secondary N) is 1. The van der Waals surface area contributed by atoms with Crippen LogP contribution in [0.3, 0.4) is 0 Å². The molecule has 0 aliphatic heterocycles. The number of aromatic hydroxyl groups is 1. The van der Waals surface area contributed by atoms with Crippen molar-refractivity contribution in [2.45, 2.75) is 26.3 Å². The van der Waals surface area contributed by atoms with Gasteiger partial charge in [-0.1, -0.05) is 13.3 Å². The van der Waals surface area contributed by atoms with Crippen LogP contribution in [0.4, 0.5) is 0 Å². The van der Waals surface area contributed by atoms with E-state index in [1.165, 1.54) is 16.8 Å². The van der Waals surface area contributed by atoms with Crippen LogP contribution in [0.25, 0.3) is 5.65 Å². The van der Waals surface area contributed by atoms with Gasteiger partial charge in [-0.15, -0.1) is 0 Å². The van der Waals surface area contributed by atoms with E-state index < -0.39 is 11.5 Å². The Hall–Kier alpha value is -2.41. The Morgan fingerprint density at radius 1 is 1.43 bits per heavy atom. The number of hydrogen-bond acceptors (Lipinski definition) is 5. The standard InChI is InChI=1S/C16H22N4O3/c1-4-5-7-17-15(22)12-9-18-14-13(21)11(10-19(2)3)6-8-20(14)16(12)23/h6,8-9,21H,4-5,7,10H2,1-3H3,(H,17,22). The van der Waals surface area contributed by atoms with Crippen molar-refractivity contribution in [2.24, 2.45) is 0 Å². The number of nitrogens with zero attached hydrogens (tertiary/aromatic N) is 3. The molecule has 7 nitrogen and oxygen atoms in total. The molecule has 0 saturated carbocycles. The number of fused-ring (bicyclic) bond motifs is 1. The van der Waals surface area contributed by atoms with E-state index >= 15 is 0 Å². The van der Waals surface area contributed by atoms with Gasteiger partial charge < -0.3 is 15.3 Å². The number of aromatic nitrogens is 2. The van der Waals surface area contributed by atoms with Crippen LogP contribution in [0.2, 0.25) is 0 Å². The number of carbonyl (C=O) groups is 1. The van der Waals surface area contributed by atoms with E-state index in [0.29, 0.717) is 18.7 Å². The highest BCUT2D eigenvalue weighted by Gasteiger charge is 2.16. The van der Waals surface area contributed by atoms with Crippen LogP contribution in [-0.2, 0) is 6.54 Å². The molecule has 7 heteroatoms. The lowest BCUT2D eigenvalue weighted by Crippen LogP contribution is -2.32. The summed E-state index contributed by atoms with van der Waals surface area (Å²) in [5, 5.41) is 13.0. The number of carbonyl (C=O) groups excluding carboxylic acids is 1. The van der Waals surface area contributed by atoms with Gasteiger partial charge in [0.25, 0.3) is 11.5 Å². The first-order chi connectivity index (χ1) is 11.0. The van der Waals surface area contributed by atoms with Gasteiger partial charge in [0.05, 0.1) is 0 Å². The summed E-state index contributed by atoms with van der Waals surface area (Å²) in [6, 6.07) is 1.66. The zero-order chi connectivity index (χ0) is 17.0. The molecule has 2 N–H and O–H groups in total. The van der Waals surface area contributed by atoms with E-state index in [1.807, 2.05) is 25.9 Å². The third-order valence-electron chi connectivity index (χ3n) is 3.48. The minimum atomic E-state index is -0.490. The molecule has 0 radical (unpaired) electrons. The molecule has 2 heterocycles. The first-order valence-corrected chi connectivity index (χ1v) is 7.60. The maximum absolute atomic E-state index is 12.4. The number of pyridine rings is 1. The van der Waals surface area contributed by atoms with Gasteiger partial charge in [0.1, 0.15) is 5.56 Å². The van der Waals surface area contributed by atoms with Crippen molar-refractivity contribution in [3.8, 4) is 5.75 Å². The quantitative estimate of drug-likeness (QED) is 0.776. The lowest BCUT2D eigenvalue weighted by Gasteiger charge is -2.13. The third-order valence-corrected chi connectivity index (χ3v) is 3.48. The number of amides is 1. The molecule has 0 bridgehead atoms. The Morgan fingerprint density at radius 3 is 2.83 bits per heavy atom. The minimum Gasteiger partial charge on any atom is -0.504 e. The maximum Gasteiger partial charge on any atom is 0.270 e. The van der Waals surface area contributed by atoms with Crippen molar-refractivity contribution >= 4 is 11.6 Å². The molecule has 0 aliphatic carbocycles. The second-order valence-corrected chi connectivity index (χ2v) is 5.71. The van der Waals surface area contributed by atoms with Crippen molar-refractivity contribution < 1.29 is 9.90 Å². The first kappa shape index (κ1) is 17.0. The molecule has 2 aromatic heterocycles. The van der Waals surface area contributed by atoms with E-state index in [1.54, 1.807) is 6.07 Å². The normalized spacial score (nSPS) is 11.1. The zero-order valence-electron chi connectivity index (χ0n) is 13.7. The first-order valence-electron chi connectivity index (χ1n) is 7.60. The van der Waals surface area contributed by atoms with Crippen LogP contribution in [0.1, 0.15) is 35.7 Å². The van der Waals surface area contributed by atoms with Gasteiger partial charge in [0.15, 0.2) is 11.4 Å². The maximum atomic E-state index is 12.4. The summed E-state index contributed by atoms with van der Waals surface area (Å²) < 4.78 is 1.20. The zero-order valence-corrected chi connectivity index (χ0v) is 13.7. The van der Waals surface area contributed by atoms with Crippen LogP contribution in [0.15, 0.2) is 23.3 Å². The van der Waals surface area contributed by atoms with Gasteiger partial charge in [-0.25, -0.2) is 4.98 Å². The van der Waals surface area contributed by atoms with Gasteiger partial charge in [-0.05, 0) is 26.6 Å². The molecule has 2 rings (SSSR count). The highest BCUT2D eigenvalue weighted by Crippen LogP contribution is 2.21. The predicted octanol–water partition coefficient (Wildman–Crippen LogP) is 0.992. The van der Waals surface area contributed by atoms with Crippen molar-refractivity contribution in [3.05, 3.63) is 39.9 Å². The van der Waals surface area contributed by atoms with Crippen molar-refractivity contribution in [1.29, 1.82) is 0 Å². The molecule has 0 aliphatic rings. The molecular formula is C16H22N4O3. The summed E-state index contributed by atoms with van der Waals surface area (Å²) in [7, 11) is 3.76. The van der Waals surface area contributed by atoms with Gasteiger partial charge in [-0.3, -0.25) is 14.0 Å². The highest BCUT2D eigenvalue weighted by molar-refractivity contribution is 5.93. The molecule has 0 saturated heterocycles. The fourth-order valence-corrected chi connectivity index (χ4v) is 2.27. The van der Waals surface area contributed by atoms with Crippen LogP contribution >= 0.6 is 0 Å². The Bertz CT molecular complexity index is 768. The Kier molecular flexibility index (Phi) is 5.33. The van der Waals surface area contributed by atoms with Crippen molar-refractivity contribution in [1.82, 2.24) is 19.6 Å². The largest absolute Gasteiger partial charge is 0.504 e. The van der Waals surface area contributed by atoms with E-state index in [4.69, 9.17) is 0 Å². The second-order valence-electron chi connectivity index (χ2n) is 5.71. The molecule has 0 atom stereocenters. The summed E-state index contributed by atoms with van der Waals surface area (Å²) in [6.45, 7) is 3.06. The fourth-order valence-electron chi connectivity index (χ4n) is 2.27. The SMILES string of the molecule is CCCCNC(=O)c1cnc2c(O)c(CN(C)C)ccn2c1=O. The highest BCUT2D eigenvalue weighted by atomic mass is 16.3. The van der Waals surface area contributed by atoms with Gasteiger partial charge in [0, 0.05) is 31.0 Å². The molecule has 0 unspecified atom stereocenters. The van der Waals surface area contributed by atoms with Crippen LogP contribution < -0.4 is 10.9 Å².